The fourth-order valence-corrected chi connectivity index (χ4v) is 2.71. The lowest BCUT2D eigenvalue weighted by Crippen LogP contribution is -2.35. The molecule has 1 aliphatic heterocycles. The predicted octanol–water partition coefficient (Wildman–Crippen LogP) is 3.66. The second-order valence-corrected chi connectivity index (χ2v) is 6.15. The van der Waals surface area contributed by atoms with Crippen LogP contribution in [-0.4, -0.2) is 25.2 Å². The Morgan fingerprint density at radius 2 is 1.92 bits per heavy atom. The maximum absolute atomic E-state index is 13.6. The highest BCUT2D eigenvalue weighted by atomic mass is 19.1. The molecule has 1 saturated heterocycles. The van der Waals surface area contributed by atoms with Crippen LogP contribution in [0.25, 0.3) is 0 Å². The van der Waals surface area contributed by atoms with Crippen molar-refractivity contribution < 1.29 is 18.3 Å². The summed E-state index contributed by atoms with van der Waals surface area (Å²) in [4.78, 5) is 12.2. The van der Waals surface area contributed by atoms with E-state index in [0.717, 1.165) is 38.0 Å². The third-order valence-electron chi connectivity index (χ3n) is 4.18. The zero-order valence-electron chi connectivity index (χ0n) is 14.2. The normalized spacial score (nSPS) is 16.5. The fourth-order valence-electron chi connectivity index (χ4n) is 2.71. The summed E-state index contributed by atoms with van der Waals surface area (Å²) in [6, 6.07) is 9.99. The summed E-state index contributed by atoms with van der Waals surface area (Å²) >= 11 is 0. The summed E-state index contributed by atoms with van der Waals surface area (Å²) < 4.78 is 32.0. The molecule has 0 aliphatic carbocycles. The Balaban J connectivity index is 1.59. The monoisotopic (exact) mass is 355 g/mol. The van der Waals surface area contributed by atoms with E-state index < -0.39 is 11.6 Å². The van der Waals surface area contributed by atoms with Crippen LogP contribution in [0.1, 0.15) is 40.7 Å². The van der Waals surface area contributed by atoms with Crippen LogP contribution in [0.5, 0.6) is 0 Å². The number of benzene rings is 2. The van der Waals surface area contributed by atoms with E-state index in [1.165, 1.54) is 6.07 Å². The largest absolute Gasteiger partial charge is 0.376 e. The molecule has 3 nitrogen and oxygen atoms in total. The maximum atomic E-state index is 13.6. The molecular weight excluding hydrogens is 336 g/mol. The number of nitrogens with one attached hydrogen (secondary N) is 1. The van der Waals surface area contributed by atoms with E-state index in [2.05, 4.69) is 17.2 Å². The molecule has 26 heavy (non-hydrogen) atoms. The molecule has 2 aromatic carbocycles. The average molecular weight is 355 g/mol. The minimum absolute atomic E-state index is 0.0865. The first-order valence-corrected chi connectivity index (χ1v) is 8.59. The number of carbonyl (C=O) groups is 1. The molecular formula is C21H19F2NO2. The average Bonchev–Trinajstić information content (AvgIpc) is 2.67. The molecule has 0 aromatic heterocycles. The molecule has 3 rings (SSSR count). The maximum Gasteiger partial charge on any atom is 0.251 e. The number of hydrogen-bond donors (Lipinski definition) is 1. The molecule has 0 spiro atoms. The quantitative estimate of drug-likeness (QED) is 0.854. The van der Waals surface area contributed by atoms with Gasteiger partial charge in [-0.25, -0.2) is 8.78 Å². The summed E-state index contributed by atoms with van der Waals surface area (Å²) in [6.45, 7) is 1.26. The second kappa shape index (κ2) is 8.59. The van der Waals surface area contributed by atoms with Crippen LogP contribution in [-0.2, 0) is 4.74 Å². The van der Waals surface area contributed by atoms with Gasteiger partial charge in [0.2, 0.25) is 0 Å². The molecule has 1 N–H and O–H groups in total. The van der Waals surface area contributed by atoms with Gasteiger partial charge in [-0.1, -0.05) is 11.8 Å². The lowest BCUT2D eigenvalue weighted by molar-refractivity contribution is 0.0169. The minimum atomic E-state index is -0.696. The lowest BCUT2D eigenvalue weighted by atomic mass is 10.1. The number of rotatable bonds is 3. The Morgan fingerprint density at radius 3 is 2.62 bits per heavy atom. The molecule has 0 radical (unpaired) electrons. The van der Waals surface area contributed by atoms with Crippen LogP contribution >= 0.6 is 0 Å². The number of ether oxygens (including phenoxy) is 1. The van der Waals surface area contributed by atoms with Crippen LogP contribution < -0.4 is 5.32 Å². The molecule has 1 atom stereocenters. The third-order valence-corrected chi connectivity index (χ3v) is 4.18. The molecule has 1 unspecified atom stereocenters. The molecule has 1 amide bonds. The van der Waals surface area contributed by atoms with Gasteiger partial charge in [0.1, 0.15) is 11.6 Å². The Labute approximate surface area is 151 Å². The van der Waals surface area contributed by atoms with Gasteiger partial charge in [0.05, 0.1) is 11.7 Å². The van der Waals surface area contributed by atoms with E-state index in [1.807, 2.05) is 0 Å². The number of amides is 1. The van der Waals surface area contributed by atoms with E-state index in [-0.39, 0.29) is 17.6 Å². The first-order valence-electron chi connectivity index (χ1n) is 8.59. The highest BCUT2D eigenvalue weighted by molar-refractivity contribution is 5.94. The SMILES string of the molecule is O=C(NCC1CCCCO1)c1ccc(C#Cc2ccc(F)cc2F)cc1. The van der Waals surface area contributed by atoms with E-state index >= 15 is 0 Å². The standard InChI is InChI=1S/C21H19F2NO2/c22-18-11-10-16(20(23)13-18)7-4-15-5-8-17(9-6-15)21(25)24-14-19-3-1-2-12-26-19/h5-6,8-11,13,19H,1-3,12,14H2,(H,24,25). The van der Waals surface area contributed by atoms with Gasteiger partial charge in [-0.3, -0.25) is 4.79 Å². The van der Waals surface area contributed by atoms with Crippen molar-refractivity contribution in [2.45, 2.75) is 25.4 Å². The molecule has 2 aromatic rings. The van der Waals surface area contributed by atoms with E-state index in [4.69, 9.17) is 4.74 Å². The summed E-state index contributed by atoms with van der Waals surface area (Å²) in [6.07, 6.45) is 3.26. The van der Waals surface area contributed by atoms with Crippen molar-refractivity contribution in [1.82, 2.24) is 5.32 Å². The van der Waals surface area contributed by atoms with Crippen molar-refractivity contribution in [3.05, 3.63) is 70.8 Å². The molecule has 1 fully saturated rings. The van der Waals surface area contributed by atoms with Gasteiger partial charge in [-0.15, -0.1) is 0 Å². The van der Waals surface area contributed by atoms with Gasteiger partial charge < -0.3 is 10.1 Å². The number of hydrogen-bond acceptors (Lipinski definition) is 2. The van der Waals surface area contributed by atoms with Crippen LogP contribution in [0, 0.1) is 23.5 Å². The first kappa shape index (κ1) is 18.1. The zero-order chi connectivity index (χ0) is 18.4. The van der Waals surface area contributed by atoms with Crippen molar-refractivity contribution >= 4 is 5.91 Å². The van der Waals surface area contributed by atoms with Crippen LogP contribution in [0.15, 0.2) is 42.5 Å². The molecule has 0 saturated carbocycles. The molecule has 134 valence electrons. The topological polar surface area (TPSA) is 38.3 Å². The first-order chi connectivity index (χ1) is 12.6. The smallest absolute Gasteiger partial charge is 0.251 e. The van der Waals surface area contributed by atoms with Crippen LogP contribution in [0.2, 0.25) is 0 Å². The van der Waals surface area contributed by atoms with Gasteiger partial charge in [0.15, 0.2) is 0 Å². The molecule has 1 heterocycles. The zero-order valence-corrected chi connectivity index (χ0v) is 14.2. The van der Waals surface area contributed by atoms with Crippen molar-refractivity contribution in [2.24, 2.45) is 0 Å². The fraction of sp³-hybridized carbons (Fsp3) is 0.286. The minimum Gasteiger partial charge on any atom is -0.376 e. The molecule has 0 bridgehead atoms. The second-order valence-electron chi connectivity index (χ2n) is 6.15. The molecule has 5 heteroatoms. The summed E-state index contributed by atoms with van der Waals surface area (Å²) in [5, 5.41) is 2.87. The van der Waals surface area contributed by atoms with E-state index in [1.54, 1.807) is 24.3 Å². The van der Waals surface area contributed by atoms with Crippen molar-refractivity contribution in [3.63, 3.8) is 0 Å². The lowest BCUT2D eigenvalue weighted by Gasteiger charge is -2.22. The van der Waals surface area contributed by atoms with Crippen molar-refractivity contribution in [2.75, 3.05) is 13.2 Å². The van der Waals surface area contributed by atoms with Crippen molar-refractivity contribution in [1.29, 1.82) is 0 Å². The molecule has 1 aliphatic rings. The Hall–Kier alpha value is -2.71. The highest BCUT2D eigenvalue weighted by Gasteiger charge is 2.15. The Bertz CT molecular complexity index is 831. The Morgan fingerprint density at radius 1 is 1.12 bits per heavy atom. The van der Waals surface area contributed by atoms with E-state index in [0.29, 0.717) is 17.7 Å². The predicted molar refractivity (Wildman–Crippen MR) is 94.7 cm³/mol. The summed E-state index contributed by atoms with van der Waals surface area (Å²) in [5.41, 5.74) is 1.29. The van der Waals surface area contributed by atoms with Gasteiger partial charge in [-0.05, 0) is 55.7 Å². The summed E-state index contributed by atoms with van der Waals surface area (Å²) in [7, 11) is 0. The number of carbonyl (C=O) groups excluding carboxylic acids is 1. The highest BCUT2D eigenvalue weighted by Crippen LogP contribution is 2.12. The van der Waals surface area contributed by atoms with Gasteiger partial charge >= 0.3 is 0 Å². The van der Waals surface area contributed by atoms with Crippen molar-refractivity contribution in [3.8, 4) is 11.8 Å². The third kappa shape index (κ3) is 4.90. The van der Waals surface area contributed by atoms with Crippen LogP contribution in [0.4, 0.5) is 8.78 Å². The van der Waals surface area contributed by atoms with E-state index in [9.17, 15) is 13.6 Å². The van der Waals surface area contributed by atoms with Crippen LogP contribution in [0.3, 0.4) is 0 Å². The van der Waals surface area contributed by atoms with Gasteiger partial charge in [0.25, 0.3) is 5.91 Å². The van der Waals surface area contributed by atoms with Gasteiger partial charge in [-0.2, -0.15) is 0 Å². The summed E-state index contributed by atoms with van der Waals surface area (Å²) in [5.74, 6) is 3.97. The van der Waals surface area contributed by atoms with Gasteiger partial charge in [0, 0.05) is 30.3 Å². The Kier molecular flexibility index (Phi) is 5.98. The number of halogens is 2.